The molecule has 1 fully saturated rings. The minimum absolute atomic E-state index is 0.0583. The minimum Gasteiger partial charge on any atom is -0.496 e. The zero-order valence-corrected chi connectivity index (χ0v) is 11.0. The van der Waals surface area contributed by atoms with E-state index in [1.807, 2.05) is 6.92 Å². The molecule has 0 heterocycles. The third kappa shape index (κ3) is 1.74. The largest absolute Gasteiger partial charge is 0.496 e. The summed E-state index contributed by atoms with van der Waals surface area (Å²) in [5.41, 5.74) is 6.37. The fourth-order valence-corrected chi connectivity index (χ4v) is 2.67. The Balaban J connectivity index is 2.56. The summed E-state index contributed by atoms with van der Waals surface area (Å²) in [7, 11) is 1.56. The Morgan fingerprint density at radius 1 is 1.50 bits per heavy atom. The number of hydrogen-bond acceptors (Lipinski definition) is 2. The van der Waals surface area contributed by atoms with Gasteiger partial charge in [0.25, 0.3) is 0 Å². The van der Waals surface area contributed by atoms with Crippen LogP contribution in [0.3, 0.4) is 0 Å². The van der Waals surface area contributed by atoms with Gasteiger partial charge in [-0.05, 0) is 31.9 Å². The maximum Gasteiger partial charge on any atom is 0.131 e. The molecule has 1 aromatic rings. The predicted octanol–water partition coefficient (Wildman–Crippen LogP) is 2.98. The Labute approximate surface area is 103 Å². The maximum atomic E-state index is 14.0. The van der Waals surface area contributed by atoms with Crippen molar-refractivity contribution in [3.05, 3.63) is 28.0 Å². The molecule has 1 unspecified atom stereocenters. The molecule has 0 radical (unpaired) electrons. The average Bonchev–Trinajstić information content (AvgIpc) is 2.97. The maximum absolute atomic E-state index is 14.0. The number of rotatable bonds is 3. The molecule has 16 heavy (non-hydrogen) atoms. The second-order valence-corrected chi connectivity index (χ2v) is 5.33. The number of ether oxygens (including phenoxy) is 1. The third-order valence-electron chi connectivity index (χ3n) is 3.40. The highest BCUT2D eigenvalue weighted by molar-refractivity contribution is 9.10. The monoisotopic (exact) mass is 287 g/mol. The number of hydrogen-bond donors (Lipinski definition) is 1. The van der Waals surface area contributed by atoms with Gasteiger partial charge in [0.15, 0.2) is 0 Å². The van der Waals surface area contributed by atoms with Crippen LogP contribution in [0.15, 0.2) is 16.6 Å². The van der Waals surface area contributed by atoms with E-state index in [2.05, 4.69) is 15.9 Å². The molecule has 1 aliphatic rings. The molecular formula is C12H15BrFNO. The lowest BCUT2D eigenvalue weighted by Gasteiger charge is -2.23. The van der Waals surface area contributed by atoms with Crippen LogP contribution < -0.4 is 10.5 Å². The van der Waals surface area contributed by atoms with Crippen molar-refractivity contribution >= 4 is 15.9 Å². The normalized spacial score (nSPS) is 19.3. The molecule has 1 saturated carbocycles. The molecule has 0 amide bonds. The van der Waals surface area contributed by atoms with Gasteiger partial charge >= 0.3 is 0 Å². The standard InChI is InChI=1S/C12H15BrFNO/c1-7(15)12(3-4-12)11-9(14)5-8(13)6-10(11)16-2/h5-7H,3-4,15H2,1-2H3. The van der Waals surface area contributed by atoms with Crippen LogP contribution in [-0.4, -0.2) is 13.2 Å². The first kappa shape index (κ1) is 11.9. The Morgan fingerprint density at radius 2 is 2.12 bits per heavy atom. The van der Waals surface area contributed by atoms with Gasteiger partial charge in [-0.1, -0.05) is 15.9 Å². The van der Waals surface area contributed by atoms with Crippen LogP contribution >= 0.6 is 15.9 Å². The van der Waals surface area contributed by atoms with E-state index < -0.39 is 0 Å². The molecular weight excluding hydrogens is 273 g/mol. The predicted molar refractivity (Wildman–Crippen MR) is 65.2 cm³/mol. The fourth-order valence-electron chi connectivity index (χ4n) is 2.26. The van der Waals surface area contributed by atoms with Crippen LogP contribution in [0.5, 0.6) is 5.75 Å². The van der Waals surface area contributed by atoms with Gasteiger partial charge < -0.3 is 10.5 Å². The topological polar surface area (TPSA) is 35.2 Å². The second-order valence-electron chi connectivity index (χ2n) is 4.41. The Hall–Kier alpha value is -0.610. The molecule has 0 aliphatic heterocycles. The van der Waals surface area contributed by atoms with Crippen molar-refractivity contribution in [2.24, 2.45) is 5.73 Å². The summed E-state index contributed by atoms with van der Waals surface area (Å²) in [5, 5.41) is 0. The smallest absolute Gasteiger partial charge is 0.131 e. The van der Waals surface area contributed by atoms with E-state index in [1.54, 1.807) is 13.2 Å². The van der Waals surface area contributed by atoms with E-state index in [0.717, 1.165) is 12.8 Å². The van der Waals surface area contributed by atoms with E-state index in [4.69, 9.17) is 10.5 Å². The van der Waals surface area contributed by atoms with Gasteiger partial charge in [0.05, 0.1) is 7.11 Å². The fraction of sp³-hybridized carbons (Fsp3) is 0.500. The highest BCUT2D eigenvalue weighted by Crippen LogP contribution is 2.54. The Bertz CT molecular complexity index is 416. The van der Waals surface area contributed by atoms with Gasteiger partial charge in [0.2, 0.25) is 0 Å². The van der Waals surface area contributed by atoms with E-state index in [-0.39, 0.29) is 17.3 Å². The zero-order chi connectivity index (χ0) is 11.9. The molecule has 1 aliphatic carbocycles. The molecule has 0 saturated heterocycles. The number of methoxy groups -OCH3 is 1. The first-order chi connectivity index (χ1) is 7.51. The second kappa shape index (κ2) is 4.00. The molecule has 2 rings (SSSR count). The molecule has 2 nitrogen and oxygen atoms in total. The SMILES string of the molecule is COc1cc(Br)cc(F)c1C1(C(C)N)CC1. The van der Waals surface area contributed by atoms with Crippen molar-refractivity contribution in [3.8, 4) is 5.75 Å². The summed E-state index contributed by atoms with van der Waals surface area (Å²) in [6.07, 6.45) is 1.86. The van der Waals surface area contributed by atoms with E-state index in [0.29, 0.717) is 15.8 Å². The van der Waals surface area contributed by atoms with Crippen molar-refractivity contribution in [2.45, 2.75) is 31.2 Å². The van der Waals surface area contributed by atoms with Gasteiger partial charge in [-0.15, -0.1) is 0 Å². The molecule has 0 bridgehead atoms. The summed E-state index contributed by atoms with van der Waals surface area (Å²) >= 11 is 3.26. The molecule has 4 heteroatoms. The first-order valence-electron chi connectivity index (χ1n) is 5.30. The van der Waals surface area contributed by atoms with Crippen LogP contribution in [0.1, 0.15) is 25.3 Å². The lowest BCUT2D eigenvalue weighted by Crippen LogP contribution is -2.32. The number of nitrogens with two attached hydrogens (primary N) is 1. The number of halogens is 2. The van der Waals surface area contributed by atoms with Crippen molar-refractivity contribution in [2.75, 3.05) is 7.11 Å². The van der Waals surface area contributed by atoms with Crippen LogP contribution in [0.4, 0.5) is 4.39 Å². The number of benzene rings is 1. The summed E-state index contributed by atoms with van der Waals surface area (Å²) < 4.78 is 20.0. The summed E-state index contributed by atoms with van der Waals surface area (Å²) in [6.45, 7) is 1.92. The van der Waals surface area contributed by atoms with Crippen molar-refractivity contribution in [1.82, 2.24) is 0 Å². The lowest BCUT2D eigenvalue weighted by molar-refractivity contribution is 0.389. The van der Waals surface area contributed by atoms with Crippen molar-refractivity contribution in [1.29, 1.82) is 0 Å². The van der Waals surface area contributed by atoms with Gasteiger partial charge in [0.1, 0.15) is 11.6 Å². The van der Waals surface area contributed by atoms with E-state index >= 15 is 0 Å². The van der Waals surface area contributed by atoms with Crippen molar-refractivity contribution < 1.29 is 9.13 Å². The average molecular weight is 288 g/mol. The van der Waals surface area contributed by atoms with Gasteiger partial charge in [-0.25, -0.2) is 4.39 Å². The van der Waals surface area contributed by atoms with E-state index in [9.17, 15) is 4.39 Å². The van der Waals surface area contributed by atoms with Crippen LogP contribution in [-0.2, 0) is 5.41 Å². The molecule has 88 valence electrons. The van der Waals surface area contributed by atoms with Crippen LogP contribution in [0, 0.1) is 5.82 Å². The summed E-state index contributed by atoms with van der Waals surface area (Å²) in [6, 6.07) is 3.21. The van der Waals surface area contributed by atoms with Crippen LogP contribution in [0.2, 0.25) is 0 Å². The molecule has 0 aromatic heterocycles. The van der Waals surface area contributed by atoms with Crippen molar-refractivity contribution in [3.63, 3.8) is 0 Å². The quantitative estimate of drug-likeness (QED) is 0.928. The van der Waals surface area contributed by atoms with Crippen LogP contribution in [0.25, 0.3) is 0 Å². The van der Waals surface area contributed by atoms with Gasteiger partial charge in [-0.3, -0.25) is 0 Å². The first-order valence-corrected chi connectivity index (χ1v) is 6.09. The zero-order valence-electron chi connectivity index (χ0n) is 9.39. The van der Waals surface area contributed by atoms with Gasteiger partial charge in [0, 0.05) is 21.5 Å². The minimum atomic E-state index is -0.235. The highest BCUT2D eigenvalue weighted by Gasteiger charge is 2.50. The molecule has 1 aromatic carbocycles. The third-order valence-corrected chi connectivity index (χ3v) is 3.85. The lowest BCUT2D eigenvalue weighted by atomic mass is 9.88. The molecule has 0 spiro atoms. The summed E-state index contributed by atoms with van der Waals surface area (Å²) in [4.78, 5) is 0. The van der Waals surface area contributed by atoms with E-state index in [1.165, 1.54) is 6.07 Å². The Kier molecular flexibility index (Phi) is 2.97. The molecule has 1 atom stereocenters. The van der Waals surface area contributed by atoms with Gasteiger partial charge in [-0.2, -0.15) is 0 Å². The molecule has 2 N–H and O–H groups in total. The Morgan fingerprint density at radius 3 is 2.56 bits per heavy atom. The summed E-state index contributed by atoms with van der Waals surface area (Å²) in [5.74, 6) is 0.350. The highest BCUT2D eigenvalue weighted by atomic mass is 79.9.